The maximum atomic E-state index is 15.0. The first kappa shape index (κ1) is 23.2. The molecule has 2 aromatic heterocycles. The van der Waals surface area contributed by atoms with Crippen molar-refractivity contribution in [1.29, 1.82) is 0 Å². The summed E-state index contributed by atoms with van der Waals surface area (Å²) in [5.74, 6) is -2.66. The van der Waals surface area contributed by atoms with Gasteiger partial charge >= 0.3 is 0 Å². The van der Waals surface area contributed by atoms with E-state index in [-0.39, 0.29) is 28.9 Å². The highest BCUT2D eigenvalue weighted by Crippen LogP contribution is 2.31. The van der Waals surface area contributed by atoms with E-state index in [0.29, 0.717) is 35.2 Å². The number of halogens is 3. The monoisotopic (exact) mass is 497 g/mol. The van der Waals surface area contributed by atoms with E-state index in [9.17, 15) is 9.18 Å². The number of nitrogens with zero attached hydrogens (tertiary/aromatic N) is 4. The number of anilines is 1. The van der Waals surface area contributed by atoms with Gasteiger partial charge in [-0.05, 0) is 49.1 Å². The first-order chi connectivity index (χ1) is 16.9. The van der Waals surface area contributed by atoms with Gasteiger partial charge in [0.05, 0.1) is 11.6 Å². The van der Waals surface area contributed by atoms with Gasteiger partial charge in [0, 0.05) is 42.1 Å². The van der Waals surface area contributed by atoms with Crippen molar-refractivity contribution in [3.8, 4) is 11.4 Å². The van der Waals surface area contributed by atoms with Crippen molar-refractivity contribution < 1.29 is 18.0 Å². The van der Waals surface area contributed by atoms with Crippen molar-refractivity contribution >= 4 is 34.6 Å². The van der Waals surface area contributed by atoms with Crippen LogP contribution in [-0.2, 0) is 0 Å². The van der Waals surface area contributed by atoms with Crippen LogP contribution in [0.1, 0.15) is 30.1 Å². The number of fused-ring (bicyclic) bond motifs is 1. The molecule has 3 heterocycles. The number of amides is 1. The second kappa shape index (κ2) is 9.58. The number of rotatable bonds is 5. The highest BCUT2D eigenvalue weighted by Gasteiger charge is 2.35. The van der Waals surface area contributed by atoms with Gasteiger partial charge in [0.25, 0.3) is 11.9 Å². The summed E-state index contributed by atoms with van der Waals surface area (Å²) in [7, 11) is 0. The normalized spacial score (nSPS) is 18.1. The molecule has 1 saturated heterocycles. The van der Waals surface area contributed by atoms with Crippen molar-refractivity contribution in [2.45, 2.75) is 25.8 Å². The van der Waals surface area contributed by atoms with E-state index in [1.807, 2.05) is 6.92 Å². The Kier molecular flexibility index (Phi) is 6.34. The molecule has 2 aromatic carbocycles. The fourth-order valence-electron chi connectivity index (χ4n) is 4.51. The first-order valence-electron chi connectivity index (χ1n) is 11.3. The van der Waals surface area contributed by atoms with Crippen LogP contribution in [0.2, 0.25) is 5.02 Å². The third kappa shape index (κ3) is 4.55. The number of hydrogen-bond acceptors (Lipinski definition) is 6. The summed E-state index contributed by atoms with van der Waals surface area (Å²) >= 11 is 6.02. The number of hydrogen-bond donors (Lipinski definition) is 1. The highest BCUT2D eigenvalue weighted by atomic mass is 35.5. The molecule has 2 atom stereocenters. The van der Waals surface area contributed by atoms with E-state index >= 15 is 4.39 Å². The van der Waals surface area contributed by atoms with Gasteiger partial charge in [-0.25, -0.2) is 18.7 Å². The Morgan fingerprint density at radius 2 is 2.03 bits per heavy atom. The minimum atomic E-state index is -1.21. The molecule has 10 heteroatoms. The summed E-state index contributed by atoms with van der Waals surface area (Å²) < 4.78 is 35.0. The van der Waals surface area contributed by atoms with Crippen LogP contribution >= 0.6 is 11.6 Å². The lowest BCUT2D eigenvalue weighted by Crippen LogP contribution is -2.51. The molecule has 35 heavy (non-hydrogen) atoms. The molecule has 5 rings (SSSR count). The van der Waals surface area contributed by atoms with Crippen molar-refractivity contribution in [3.63, 3.8) is 0 Å². The third-order valence-corrected chi connectivity index (χ3v) is 6.54. The predicted octanol–water partition coefficient (Wildman–Crippen LogP) is 5.57. The largest absolute Gasteiger partial charge is 0.424 e. The van der Waals surface area contributed by atoms with Gasteiger partial charge < -0.3 is 14.6 Å². The maximum Gasteiger partial charge on any atom is 0.295 e. The zero-order chi connectivity index (χ0) is 24.5. The van der Waals surface area contributed by atoms with Gasteiger partial charge in [-0.15, -0.1) is 0 Å². The van der Waals surface area contributed by atoms with Crippen LogP contribution in [0.3, 0.4) is 0 Å². The molecule has 1 aliphatic rings. The molecule has 0 spiro atoms. The molecular formula is C25H22ClF2N5O2. The molecule has 1 aliphatic heterocycles. The molecule has 1 amide bonds. The standard InChI is InChI=1S/C25H22ClF2N5O2/c1-14-4-2-11-33(19(14)13-31-25-32-18-8-5-15(26)12-20(18)35-25)24(34)21-16(6-7-17(27)22(21)28)23-29-9-3-10-30-23/h3,5-10,12,14,19H,2,4,11,13H2,1H3,(H,31,32). The number of aromatic nitrogens is 3. The van der Waals surface area contributed by atoms with E-state index in [2.05, 4.69) is 20.3 Å². The second-order valence-electron chi connectivity index (χ2n) is 8.55. The first-order valence-corrected chi connectivity index (χ1v) is 11.7. The van der Waals surface area contributed by atoms with Crippen LogP contribution in [-0.4, -0.2) is 44.9 Å². The van der Waals surface area contributed by atoms with Crippen LogP contribution in [0.15, 0.2) is 53.2 Å². The molecule has 7 nitrogen and oxygen atoms in total. The fraction of sp³-hybridized carbons (Fsp3) is 0.280. The Hall–Kier alpha value is -3.59. The number of nitrogens with one attached hydrogen (secondary N) is 1. The average Bonchev–Trinajstić information content (AvgIpc) is 3.26. The topological polar surface area (TPSA) is 84.2 Å². The zero-order valence-electron chi connectivity index (χ0n) is 18.8. The lowest BCUT2D eigenvalue weighted by atomic mass is 9.89. The second-order valence-corrected chi connectivity index (χ2v) is 8.99. The Morgan fingerprint density at radius 3 is 2.83 bits per heavy atom. The number of benzene rings is 2. The van der Waals surface area contributed by atoms with Crippen molar-refractivity contribution in [1.82, 2.24) is 19.9 Å². The van der Waals surface area contributed by atoms with E-state index in [1.54, 1.807) is 29.2 Å². The number of carbonyl (C=O) groups excluding carboxylic acids is 1. The summed E-state index contributed by atoms with van der Waals surface area (Å²) in [5, 5.41) is 3.69. The van der Waals surface area contributed by atoms with Crippen molar-refractivity contribution in [2.75, 3.05) is 18.4 Å². The summed E-state index contributed by atoms with van der Waals surface area (Å²) in [5.41, 5.74) is 0.969. The van der Waals surface area contributed by atoms with E-state index in [4.69, 9.17) is 16.0 Å². The summed E-state index contributed by atoms with van der Waals surface area (Å²) in [6.45, 7) is 2.76. The number of oxazole rings is 1. The van der Waals surface area contributed by atoms with Crippen LogP contribution in [0.4, 0.5) is 14.8 Å². The minimum Gasteiger partial charge on any atom is -0.424 e. The van der Waals surface area contributed by atoms with Crippen molar-refractivity contribution in [3.05, 3.63) is 71.0 Å². The smallest absolute Gasteiger partial charge is 0.295 e. The Labute approximate surface area is 205 Å². The Balaban J connectivity index is 1.45. The fourth-order valence-corrected chi connectivity index (χ4v) is 4.67. The van der Waals surface area contributed by atoms with Crippen LogP contribution < -0.4 is 5.32 Å². The number of carbonyl (C=O) groups is 1. The van der Waals surface area contributed by atoms with E-state index in [0.717, 1.165) is 18.9 Å². The molecule has 0 radical (unpaired) electrons. The van der Waals surface area contributed by atoms with E-state index in [1.165, 1.54) is 18.5 Å². The highest BCUT2D eigenvalue weighted by molar-refractivity contribution is 6.31. The Bertz CT molecular complexity index is 1380. The Morgan fingerprint density at radius 1 is 1.23 bits per heavy atom. The van der Waals surface area contributed by atoms with Gasteiger partial charge in [0.2, 0.25) is 0 Å². The predicted molar refractivity (Wildman–Crippen MR) is 128 cm³/mol. The molecule has 0 saturated carbocycles. The molecule has 0 bridgehead atoms. The van der Waals surface area contributed by atoms with Crippen LogP contribution in [0.5, 0.6) is 0 Å². The van der Waals surface area contributed by atoms with Gasteiger partial charge in [-0.3, -0.25) is 4.79 Å². The van der Waals surface area contributed by atoms with Crippen LogP contribution in [0.25, 0.3) is 22.5 Å². The number of likely N-dealkylation sites (tertiary alicyclic amines) is 1. The van der Waals surface area contributed by atoms with Gasteiger partial charge in [0.1, 0.15) is 5.52 Å². The van der Waals surface area contributed by atoms with Crippen LogP contribution in [0, 0.1) is 17.6 Å². The van der Waals surface area contributed by atoms with E-state index < -0.39 is 17.5 Å². The quantitative estimate of drug-likeness (QED) is 0.388. The molecule has 0 aliphatic carbocycles. The lowest BCUT2D eigenvalue weighted by molar-refractivity contribution is 0.0534. The minimum absolute atomic E-state index is 0.104. The van der Waals surface area contributed by atoms with Gasteiger partial charge in [-0.2, -0.15) is 4.98 Å². The molecule has 1 N–H and O–H groups in total. The van der Waals surface area contributed by atoms with Gasteiger partial charge in [-0.1, -0.05) is 18.5 Å². The molecule has 4 aromatic rings. The molecule has 2 unspecified atom stereocenters. The SMILES string of the molecule is CC1CCCN(C(=O)c2c(-c3ncccn3)ccc(F)c2F)C1CNc1nc2ccc(Cl)cc2o1. The van der Waals surface area contributed by atoms with Crippen molar-refractivity contribution in [2.24, 2.45) is 5.92 Å². The summed E-state index contributed by atoms with van der Waals surface area (Å²) in [4.78, 5) is 28.0. The zero-order valence-corrected chi connectivity index (χ0v) is 19.6. The molecule has 180 valence electrons. The number of piperidine rings is 1. The average molecular weight is 498 g/mol. The lowest BCUT2D eigenvalue weighted by Gasteiger charge is -2.40. The summed E-state index contributed by atoms with van der Waals surface area (Å²) in [6, 6.07) is 9.07. The maximum absolute atomic E-state index is 15.0. The summed E-state index contributed by atoms with van der Waals surface area (Å²) in [6.07, 6.45) is 4.61. The van der Waals surface area contributed by atoms with Gasteiger partial charge in [0.15, 0.2) is 23.0 Å². The molecular weight excluding hydrogens is 476 g/mol. The molecule has 1 fully saturated rings. The third-order valence-electron chi connectivity index (χ3n) is 6.30.